The predicted molar refractivity (Wildman–Crippen MR) is 92.8 cm³/mol. The number of anilines is 1. The minimum atomic E-state index is -0.915. The minimum absolute atomic E-state index is 0.304. The van der Waals surface area contributed by atoms with Crippen molar-refractivity contribution in [2.24, 2.45) is 0 Å². The average Bonchev–Trinajstić information content (AvgIpc) is 3.00. The van der Waals surface area contributed by atoms with Gasteiger partial charge in [0.2, 0.25) is 0 Å². The summed E-state index contributed by atoms with van der Waals surface area (Å²) in [5.74, 6) is -0.731. The smallest absolute Gasteiger partial charge is 0.326 e. The van der Waals surface area contributed by atoms with Gasteiger partial charge in [0.25, 0.3) is 0 Å². The van der Waals surface area contributed by atoms with Crippen LogP contribution in [0.3, 0.4) is 0 Å². The molecule has 24 heavy (non-hydrogen) atoms. The molecule has 3 rings (SSSR count). The Bertz CT molecular complexity index is 864. The van der Waals surface area contributed by atoms with E-state index in [1.54, 1.807) is 12.1 Å². The number of fused-ring (bicyclic) bond motifs is 1. The van der Waals surface area contributed by atoms with E-state index in [1.807, 2.05) is 12.3 Å². The van der Waals surface area contributed by atoms with E-state index in [2.05, 4.69) is 15.3 Å². The molecule has 0 aliphatic carbocycles. The zero-order valence-electron chi connectivity index (χ0n) is 13.0. The first-order chi connectivity index (χ1) is 11.6. The summed E-state index contributed by atoms with van der Waals surface area (Å²) in [5.41, 5.74) is 1.70. The number of carbonyl (C=O) groups is 1. The second-order valence-corrected chi connectivity index (χ2v) is 6.24. The molecule has 3 aromatic rings. The van der Waals surface area contributed by atoms with Crippen LogP contribution in [-0.4, -0.2) is 27.1 Å². The topological polar surface area (TPSA) is 75.1 Å². The van der Waals surface area contributed by atoms with Gasteiger partial charge in [-0.3, -0.25) is 0 Å². The van der Waals surface area contributed by atoms with Crippen LogP contribution < -0.4 is 5.32 Å². The number of hydrogen-bond donors (Lipinski definition) is 2. The fraction of sp³-hybridized carbons (Fsp3) is 0.235. The molecule has 0 fully saturated rings. The molecule has 0 radical (unpaired) electrons. The monoisotopic (exact) mass is 345 g/mol. The maximum atomic E-state index is 13.2. The zero-order chi connectivity index (χ0) is 17.1. The van der Waals surface area contributed by atoms with Crippen molar-refractivity contribution in [3.63, 3.8) is 0 Å². The van der Waals surface area contributed by atoms with Crippen LogP contribution in [0.2, 0.25) is 0 Å². The standard InChI is InChI=1S/C17H16FN3O2S/c1-2-3-13(17(22)23)21-15-14-12(8-24-16(14)20-9-19-15)10-4-6-11(18)7-5-10/h4-9,13H,2-3H2,1H3,(H,22,23)(H,19,20,21). The van der Waals surface area contributed by atoms with Crippen molar-refractivity contribution < 1.29 is 14.3 Å². The number of nitrogens with one attached hydrogen (secondary N) is 1. The fourth-order valence-electron chi connectivity index (χ4n) is 2.54. The van der Waals surface area contributed by atoms with Crippen LogP contribution >= 0.6 is 11.3 Å². The zero-order valence-corrected chi connectivity index (χ0v) is 13.8. The predicted octanol–water partition coefficient (Wildman–Crippen LogP) is 4.16. The summed E-state index contributed by atoms with van der Waals surface area (Å²) >= 11 is 1.44. The third-order valence-corrected chi connectivity index (χ3v) is 4.60. The molecule has 0 aliphatic rings. The van der Waals surface area contributed by atoms with Crippen molar-refractivity contribution in [2.75, 3.05) is 5.32 Å². The van der Waals surface area contributed by atoms with Gasteiger partial charge in [-0.2, -0.15) is 0 Å². The highest BCUT2D eigenvalue weighted by atomic mass is 32.1. The number of hydrogen-bond acceptors (Lipinski definition) is 5. The van der Waals surface area contributed by atoms with Gasteiger partial charge in [-0.05, 0) is 24.1 Å². The molecule has 0 bridgehead atoms. The second kappa shape index (κ2) is 6.92. The van der Waals surface area contributed by atoms with Crippen molar-refractivity contribution >= 4 is 33.3 Å². The molecule has 1 atom stereocenters. The summed E-state index contributed by atoms with van der Waals surface area (Å²) < 4.78 is 13.2. The Kier molecular flexibility index (Phi) is 4.71. The summed E-state index contributed by atoms with van der Waals surface area (Å²) in [4.78, 5) is 20.7. The number of carboxylic acids is 1. The lowest BCUT2D eigenvalue weighted by Gasteiger charge is -2.15. The molecule has 2 N–H and O–H groups in total. The van der Waals surface area contributed by atoms with Gasteiger partial charge in [0.05, 0.1) is 5.39 Å². The van der Waals surface area contributed by atoms with Crippen molar-refractivity contribution in [1.82, 2.24) is 9.97 Å². The molecule has 0 spiro atoms. The summed E-state index contributed by atoms with van der Waals surface area (Å²) in [7, 11) is 0. The van der Waals surface area contributed by atoms with Gasteiger partial charge in [-0.1, -0.05) is 25.5 Å². The maximum Gasteiger partial charge on any atom is 0.326 e. The van der Waals surface area contributed by atoms with Crippen molar-refractivity contribution in [2.45, 2.75) is 25.8 Å². The third kappa shape index (κ3) is 3.21. The largest absolute Gasteiger partial charge is 0.480 e. The third-order valence-electron chi connectivity index (χ3n) is 3.71. The molecule has 0 aliphatic heterocycles. The fourth-order valence-corrected chi connectivity index (χ4v) is 3.45. The molecule has 0 amide bonds. The Morgan fingerprint density at radius 1 is 1.33 bits per heavy atom. The summed E-state index contributed by atoms with van der Waals surface area (Å²) in [6, 6.07) is 5.46. The number of rotatable bonds is 6. The van der Waals surface area contributed by atoms with Gasteiger partial charge in [-0.15, -0.1) is 11.3 Å². The number of nitrogens with zero attached hydrogens (tertiary/aromatic N) is 2. The Labute approximate surface area is 142 Å². The van der Waals surface area contributed by atoms with Crippen LogP contribution in [0.25, 0.3) is 21.3 Å². The van der Waals surface area contributed by atoms with Gasteiger partial charge < -0.3 is 10.4 Å². The van der Waals surface area contributed by atoms with Crippen molar-refractivity contribution in [1.29, 1.82) is 0 Å². The Hall–Kier alpha value is -2.54. The number of benzene rings is 1. The molecule has 0 saturated carbocycles. The molecule has 1 unspecified atom stereocenters. The molecule has 5 nitrogen and oxygen atoms in total. The van der Waals surface area contributed by atoms with Crippen LogP contribution in [0.1, 0.15) is 19.8 Å². The first kappa shape index (κ1) is 16.3. The Morgan fingerprint density at radius 2 is 2.08 bits per heavy atom. The highest BCUT2D eigenvalue weighted by Crippen LogP contribution is 2.36. The molecular weight excluding hydrogens is 329 g/mol. The molecular formula is C17H16FN3O2S. The molecule has 2 aromatic heterocycles. The lowest BCUT2D eigenvalue weighted by molar-refractivity contribution is -0.138. The first-order valence-electron chi connectivity index (χ1n) is 7.57. The number of aliphatic carboxylic acids is 1. The van der Waals surface area contributed by atoms with Gasteiger partial charge in [0, 0.05) is 10.9 Å². The number of aromatic nitrogens is 2. The molecule has 1 aromatic carbocycles. The van der Waals surface area contributed by atoms with Crippen LogP contribution in [0.4, 0.5) is 10.2 Å². The highest BCUT2D eigenvalue weighted by molar-refractivity contribution is 7.17. The van der Waals surface area contributed by atoms with E-state index in [9.17, 15) is 14.3 Å². The Morgan fingerprint density at radius 3 is 2.75 bits per heavy atom. The van der Waals surface area contributed by atoms with E-state index in [4.69, 9.17) is 0 Å². The van der Waals surface area contributed by atoms with Gasteiger partial charge in [-0.25, -0.2) is 19.2 Å². The van der Waals surface area contributed by atoms with Crippen molar-refractivity contribution in [3.05, 3.63) is 41.8 Å². The maximum absolute atomic E-state index is 13.2. The Balaban J connectivity index is 2.07. The second-order valence-electron chi connectivity index (χ2n) is 5.38. The van der Waals surface area contributed by atoms with Crippen LogP contribution in [0, 0.1) is 5.82 Å². The lowest BCUT2D eigenvalue weighted by Crippen LogP contribution is -2.29. The lowest BCUT2D eigenvalue weighted by atomic mass is 10.1. The molecule has 7 heteroatoms. The van der Waals surface area contributed by atoms with E-state index in [0.717, 1.165) is 27.8 Å². The quantitative estimate of drug-likeness (QED) is 0.701. The van der Waals surface area contributed by atoms with Crippen molar-refractivity contribution in [3.8, 4) is 11.1 Å². The van der Waals surface area contributed by atoms with Crippen LogP contribution in [0.5, 0.6) is 0 Å². The number of halogens is 1. The van der Waals surface area contributed by atoms with E-state index in [1.165, 1.54) is 29.8 Å². The highest BCUT2D eigenvalue weighted by Gasteiger charge is 2.20. The molecule has 0 saturated heterocycles. The molecule has 124 valence electrons. The minimum Gasteiger partial charge on any atom is -0.480 e. The van der Waals surface area contributed by atoms with Crippen LogP contribution in [-0.2, 0) is 4.79 Å². The van der Waals surface area contributed by atoms with Crippen LogP contribution in [0.15, 0.2) is 36.0 Å². The van der Waals surface area contributed by atoms with E-state index < -0.39 is 12.0 Å². The van der Waals surface area contributed by atoms with Gasteiger partial charge in [0.15, 0.2) is 0 Å². The summed E-state index contributed by atoms with van der Waals surface area (Å²) in [6.07, 6.45) is 2.66. The van der Waals surface area contributed by atoms with Gasteiger partial charge in [0.1, 0.15) is 28.8 Å². The first-order valence-corrected chi connectivity index (χ1v) is 8.45. The summed E-state index contributed by atoms with van der Waals surface area (Å²) in [5, 5.41) is 15.1. The van der Waals surface area contributed by atoms with E-state index >= 15 is 0 Å². The normalized spacial score (nSPS) is 12.2. The van der Waals surface area contributed by atoms with E-state index in [0.29, 0.717) is 12.2 Å². The van der Waals surface area contributed by atoms with E-state index in [-0.39, 0.29) is 5.82 Å². The summed E-state index contributed by atoms with van der Waals surface area (Å²) in [6.45, 7) is 1.93. The number of carboxylic acid groups (broad SMARTS) is 1. The molecule has 2 heterocycles. The average molecular weight is 345 g/mol. The van der Waals surface area contributed by atoms with Gasteiger partial charge >= 0.3 is 5.97 Å². The SMILES string of the molecule is CCCC(Nc1ncnc2scc(-c3ccc(F)cc3)c12)C(=O)O. The number of thiophene rings is 1.